The minimum atomic E-state index is -0.329. The maximum Gasteiger partial charge on any atom is 0.350 e. The molecule has 2 fully saturated rings. The number of piperazine rings is 1. The lowest BCUT2D eigenvalue weighted by Gasteiger charge is -2.36. The lowest BCUT2D eigenvalue weighted by molar-refractivity contribution is 0.163. The van der Waals surface area contributed by atoms with Gasteiger partial charge in [0.2, 0.25) is 0 Å². The summed E-state index contributed by atoms with van der Waals surface area (Å²) in [5.41, 5.74) is 10.0. The number of aryl methyl sites for hydroxylation is 1. The van der Waals surface area contributed by atoms with Crippen LogP contribution in [0.3, 0.4) is 0 Å². The number of nitrogens with two attached hydrogens (primary N) is 1. The molecule has 2 bridgehead atoms. The molecule has 7 rings (SSSR count). The Hall–Kier alpha value is -2.73. The summed E-state index contributed by atoms with van der Waals surface area (Å²) >= 11 is 2.87. The highest BCUT2D eigenvalue weighted by Crippen LogP contribution is 2.48. The molecule has 8 nitrogen and oxygen atoms in total. The quantitative estimate of drug-likeness (QED) is 0.403. The monoisotopic (exact) mass is 538 g/mol. The van der Waals surface area contributed by atoms with Gasteiger partial charge in [0.15, 0.2) is 5.13 Å². The van der Waals surface area contributed by atoms with Crippen LogP contribution < -0.4 is 21.6 Å². The van der Waals surface area contributed by atoms with E-state index in [-0.39, 0.29) is 17.5 Å². The highest BCUT2D eigenvalue weighted by atomic mass is 32.2. The predicted molar refractivity (Wildman–Crippen MR) is 148 cm³/mol. The molecule has 37 heavy (non-hydrogen) atoms. The zero-order chi connectivity index (χ0) is 25.4. The van der Waals surface area contributed by atoms with E-state index < -0.39 is 0 Å². The molecule has 3 atom stereocenters. The van der Waals surface area contributed by atoms with Gasteiger partial charge in [-0.05, 0) is 43.5 Å². The lowest BCUT2D eigenvalue weighted by Crippen LogP contribution is -2.52. The SMILES string of the molecule is COC[C@H]1CSc2c(-c3ccc(F)c4sc(N)nc34)c(C)cc3c(N4CC5CCC(C4)N5)nc(=O)n1c23. The van der Waals surface area contributed by atoms with Gasteiger partial charge in [-0.3, -0.25) is 4.57 Å². The molecule has 0 saturated carbocycles. The molecule has 0 aliphatic carbocycles. The van der Waals surface area contributed by atoms with Crippen molar-refractivity contribution in [3.05, 3.63) is 40.1 Å². The first-order valence-electron chi connectivity index (χ1n) is 12.5. The Morgan fingerprint density at radius 2 is 2.03 bits per heavy atom. The summed E-state index contributed by atoms with van der Waals surface area (Å²) in [6.45, 7) is 4.17. The summed E-state index contributed by atoms with van der Waals surface area (Å²) in [5, 5.41) is 4.97. The van der Waals surface area contributed by atoms with Gasteiger partial charge in [0.1, 0.15) is 11.6 Å². The number of rotatable bonds is 4. The van der Waals surface area contributed by atoms with Crippen LogP contribution >= 0.6 is 23.1 Å². The first-order valence-corrected chi connectivity index (χ1v) is 14.3. The number of nitrogens with zero attached hydrogens (tertiary/aromatic N) is 4. The van der Waals surface area contributed by atoms with E-state index in [0.29, 0.717) is 39.8 Å². The van der Waals surface area contributed by atoms with Gasteiger partial charge >= 0.3 is 5.69 Å². The first-order chi connectivity index (χ1) is 17.9. The van der Waals surface area contributed by atoms with Gasteiger partial charge in [-0.2, -0.15) is 4.98 Å². The molecular weight excluding hydrogens is 511 g/mol. The second-order valence-corrected chi connectivity index (χ2v) is 12.2. The fourth-order valence-corrected chi connectivity index (χ4v) is 8.40. The minimum Gasteiger partial charge on any atom is -0.383 e. The van der Waals surface area contributed by atoms with Crippen molar-refractivity contribution in [3.63, 3.8) is 0 Å². The molecule has 3 aliphatic rings. The van der Waals surface area contributed by atoms with Crippen LogP contribution in [0.2, 0.25) is 0 Å². The largest absolute Gasteiger partial charge is 0.383 e. The molecule has 3 aliphatic heterocycles. The summed E-state index contributed by atoms with van der Waals surface area (Å²) in [6, 6.07) is 6.11. The predicted octanol–water partition coefficient (Wildman–Crippen LogP) is 3.94. The molecule has 2 aromatic heterocycles. The zero-order valence-electron chi connectivity index (χ0n) is 20.6. The number of thiazole rings is 1. The van der Waals surface area contributed by atoms with Crippen molar-refractivity contribution in [2.45, 2.75) is 42.8 Å². The van der Waals surface area contributed by atoms with Crippen LogP contribution in [0, 0.1) is 12.7 Å². The highest BCUT2D eigenvalue weighted by Gasteiger charge is 2.36. The Kier molecular flexibility index (Phi) is 5.47. The molecule has 0 amide bonds. The molecule has 0 spiro atoms. The van der Waals surface area contributed by atoms with E-state index in [2.05, 4.69) is 33.2 Å². The van der Waals surface area contributed by atoms with E-state index in [9.17, 15) is 9.18 Å². The standard InChI is InChI=1S/C26H27FN6O2S2/c1-12-7-17-21-23(19(12)16-5-6-18(27)22-20(16)30-25(28)37-22)36-11-15(10-35-2)33(21)26(34)31-24(17)32-8-13-3-4-14(9-32)29-13/h5-7,13-15,29H,3-4,8-11H2,1-2H3,(H2,28,30)/t13?,14?,15-/m0/s1. The molecule has 2 aromatic carbocycles. The van der Waals surface area contributed by atoms with Crippen LogP contribution in [0.1, 0.15) is 24.4 Å². The summed E-state index contributed by atoms with van der Waals surface area (Å²) in [4.78, 5) is 26.1. The Balaban J connectivity index is 1.53. The Morgan fingerprint density at radius 1 is 1.24 bits per heavy atom. The van der Waals surface area contributed by atoms with E-state index in [4.69, 9.17) is 10.5 Å². The molecule has 0 radical (unpaired) electrons. The van der Waals surface area contributed by atoms with Gasteiger partial charge in [0.05, 0.1) is 28.4 Å². The first kappa shape index (κ1) is 23.4. The molecule has 192 valence electrons. The Morgan fingerprint density at radius 3 is 2.78 bits per heavy atom. The van der Waals surface area contributed by atoms with Crippen molar-refractivity contribution in [1.29, 1.82) is 0 Å². The molecule has 5 heterocycles. The molecule has 2 saturated heterocycles. The molecule has 2 unspecified atom stereocenters. The van der Waals surface area contributed by atoms with Gasteiger partial charge in [0, 0.05) is 59.4 Å². The van der Waals surface area contributed by atoms with Crippen LogP contribution in [0.25, 0.3) is 32.2 Å². The van der Waals surface area contributed by atoms with Gasteiger partial charge in [0.25, 0.3) is 0 Å². The summed E-state index contributed by atoms with van der Waals surface area (Å²) in [6.07, 6.45) is 2.29. The zero-order valence-corrected chi connectivity index (χ0v) is 22.2. The van der Waals surface area contributed by atoms with Gasteiger partial charge < -0.3 is 20.7 Å². The number of anilines is 2. The second-order valence-electron chi connectivity index (χ2n) is 10.2. The smallest absolute Gasteiger partial charge is 0.350 e. The van der Waals surface area contributed by atoms with Crippen LogP contribution in [-0.4, -0.2) is 59.2 Å². The normalized spacial score (nSPS) is 22.9. The maximum atomic E-state index is 14.7. The van der Waals surface area contributed by atoms with Crippen LogP contribution in [0.4, 0.5) is 15.3 Å². The van der Waals surface area contributed by atoms with Gasteiger partial charge in [-0.15, -0.1) is 11.8 Å². The lowest BCUT2D eigenvalue weighted by atomic mass is 9.96. The van der Waals surface area contributed by atoms with Crippen molar-refractivity contribution in [2.24, 2.45) is 0 Å². The topological polar surface area (TPSA) is 98.3 Å². The van der Waals surface area contributed by atoms with Crippen molar-refractivity contribution >= 4 is 55.2 Å². The van der Waals surface area contributed by atoms with E-state index in [1.807, 2.05) is 4.57 Å². The van der Waals surface area contributed by atoms with E-state index in [0.717, 1.165) is 75.6 Å². The number of nitrogens with one attached hydrogen (secondary N) is 1. The molecule has 11 heteroatoms. The average Bonchev–Trinajstić information content (AvgIpc) is 3.44. The number of aromatic nitrogens is 3. The minimum absolute atomic E-state index is 0.128. The summed E-state index contributed by atoms with van der Waals surface area (Å²) in [5.74, 6) is 1.10. The fraction of sp³-hybridized carbons (Fsp3) is 0.423. The number of halogens is 1. The summed E-state index contributed by atoms with van der Waals surface area (Å²) < 4.78 is 22.4. The van der Waals surface area contributed by atoms with Crippen molar-refractivity contribution in [2.75, 3.05) is 43.2 Å². The van der Waals surface area contributed by atoms with Gasteiger partial charge in [-0.25, -0.2) is 14.2 Å². The van der Waals surface area contributed by atoms with Gasteiger partial charge in [-0.1, -0.05) is 11.3 Å². The van der Waals surface area contributed by atoms with E-state index >= 15 is 0 Å². The Bertz CT molecular complexity index is 1620. The number of thioether (sulfide) groups is 1. The van der Waals surface area contributed by atoms with Crippen molar-refractivity contribution < 1.29 is 9.13 Å². The highest BCUT2D eigenvalue weighted by molar-refractivity contribution is 7.99. The van der Waals surface area contributed by atoms with Crippen molar-refractivity contribution in [3.8, 4) is 11.1 Å². The van der Waals surface area contributed by atoms with Crippen LogP contribution in [-0.2, 0) is 4.74 Å². The number of benzene rings is 2. The third-order valence-electron chi connectivity index (χ3n) is 7.78. The third-order valence-corrected chi connectivity index (χ3v) is 9.91. The average molecular weight is 539 g/mol. The summed E-state index contributed by atoms with van der Waals surface area (Å²) in [7, 11) is 1.66. The van der Waals surface area contributed by atoms with Crippen molar-refractivity contribution in [1.82, 2.24) is 19.9 Å². The molecule has 4 aromatic rings. The van der Waals surface area contributed by atoms with E-state index in [1.165, 1.54) is 6.07 Å². The van der Waals surface area contributed by atoms with Crippen LogP contribution in [0.15, 0.2) is 27.9 Å². The Labute approximate surface area is 221 Å². The number of ether oxygens (including phenoxy) is 1. The number of fused-ring (bicyclic) bond motifs is 3. The molecular formula is C26H27FN6O2S2. The fourth-order valence-electron chi connectivity index (χ4n) is 6.27. The second kappa shape index (κ2) is 8.65. The number of hydrogen-bond donors (Lipinski definition) is 2. The van der Waals surface area contributed by atoms with E-state index in [1.54, 1.807) is 24.9 Å². The number of nitrogen functional groups attached to an aromatic ring is 1. The molecule has 3 N–H and O–H groups in total. The van der Waals surface area contributed by atoms with Crippen LogP contribution in [0.5, 0.6) is 0 Å². The number of hydrogen-bond acceptors (Lipinski definition) is 9. The third kappa shape index (κ3) is 3.58. The number of methoxy groups -OCH3 is 1. The maximum absolute atomic E-state index is 14.7.